The quantitative estimate of drug-likeness (QED) is 0.680. The average Bonchev–Trinajstić information content (AvgIpc) is 3.30. The molecule has 2 aliphatic rings. The molecule has 1 unspecified atom stereocenters. The van der Waals surface area contributed by atoms with Gasteiger partial charge in [0.05, 0.1) is 4.90 Å². The minimum Gasteiger partial charge on any atom is -0.329 e. The van der Waals surface area contributed by atoms with Gasteiger partial charge >= 0.3 is 0 Å². The smallest absolute Gasteiger partial charge is 0.263 e. The molecule has 168 valence electrons. The number of amides is 2. The van der Waals surface area contributed by atoms with Crippen molar-refractivity contribution in [2.24, 2.45) is 4.99 Å². The minimum atomic E-state index is -3.70. The van der Waals surface area contributed by atoms with Gasteiger partial charge in [0, 0.05) is 27.8 Å². The number of benzene rings is 2. The second-order valence-electron chi connectivity index (χ2n) is 7.59. The zero-order chi connectivity index (χ0) is 23.0. The maximum Gasteiger partial charge on any atom is 0.263 e. The first-order chi connectivity index (χ1) is 15.2. The lowest BCUT2D eigenvalue weighted by atomic mass is 10.1. The van der Waals surface area contributed by atoms with Gasteiger partial charge in [0.1, 0.15) is 17.9 Å². The van der Waals surface area contributed by atoms with Gasteiger partial charge in [0.2, 0.25) is 11.8 Å². The number of hydrogen-bond acceptors (Lipinski definition) is 5. The third-order valence-corrected chi connectivity index (χ3v) is 7.15. The Morgan fingerprint density at radius 2 is 1.88 bits per heavy atom. The molecule has 4 rings (SSSR count). The summed E-state index contributed by atoms with van der Waals surface area (Å²) < 4.78 is 26.9. The predicted octanol–water partition coefficient (Wildman–Crippen LogP) is 3.05. The lowest BCUT2D eigenvalue weighted by Gasteiger charge is -2.25. The van der Waals surface area contributed by atoms with Crippen LogP contribution in [0.25, 0.3) is 0 Å². The molecule has 8 nitrogen and oxygen atoms in total. The van der Waals surface area contributed by atoms with E-state index in [4.69, 9.17) is 23.2 Å². The molecule has 2 aliphatic heterocycles. The maximum atomic E-state index is 13.1. The van der Waals surface area contributed by atoms with Gasteiger partial charge in [-0.25, -0.2) is 8.42 Å². The van der Waals surface area contributed by atoms with E-state index in [0.29, 0.717) is 40.7 Å². The van der Waals surface area contributed by atoms with Crippen LogP contribution in [0.3, 0.4) is 0 Å². The zero-order valence-electron chi connectivity index (χ0n) is 17.0. The molecular weight excluding hydrogens is 475 g/mol. The molecule has 32 heavy (non-hydrogen) atoms. The molecule has 0 aliphatic carbocycles. The Morgan fingerprint density at radius 3 is 2.59 bits per heavy atom. The summed E-state index contributed by atoms with van der Waals surface area (Å²) in [7, 11) is -3.70. The van der Waals surface area contributed by atoms with Crippen molar-refractivity contribution in [3.05, 3.63) is 58.1 Å². The fraction of sp³-hybridized carbons (Fsp3) is 0.286. The van der Waals surface area contributed by atoms with Crippen LogP contribution in [0.1, 0.15) is 25.3 Å². The predicted molar refractivity (Wildman–Crippen MR) is 123 cm³/mol. The number of sulfonamides is 1. The van der Waals surface area contributed by atoms with Gasteiger partial charge < -0.3 is 10.2 Å². The van der Waals surface area contributed by atoms with Crippen molar-refractivity contribution < 1.29 is 18.0 Å². The molecular formula is C21H20Cl2N4O4S. The van der Waals surface area contributed by atoms with Gasteiger partial charge in [0.25, 0.3) is 10.0 Å². The second kappa shape index (κ2) is 8.73. The highest BCUT2D eigenvalue weighted by molar-refractivity contribution is 7.90. The van der Waals surface area contributed by atoms with Crippen LogP contribution in [0, 0.1) is 0 Å². The molecule has 2 aromatic rings. The topological polar surface area (TPSA) is 108 Å². The molecule has 1 saturated heterocycles. The number of carbonyl (C=O) groups is 2. The van der Waals surface area contributed by atoms with Crippen LogP contribution in [0.2, 0.25) is 10.0 Å². The van der Waals surface area contributed by atoms with E-state index in [1.165, 1.54) is 11.0 Å². The Bertz CT molecular complexity index is 1210. The van der Waals surface area contributed by atoms with Gasteiger partial charge in [0.15, 0.2) is 0 Å². The number of anilines is 1. The summed E-state index contributed by atoms with van der Waals surface area (Å²) in [6.45, 7) is 1.99. The van der Waals surface area contributed by atoms with Gasteiger partial charge in [-0.05, 0) is 50.1 Å². The molecule has 0 saturated carbocycles. The van der Waals surface area contributed by atoms with Gasteiger partial charge in [-0.2, -0.15) is 0 Å². The van der Waals surface area contributed by atoms with Crippen LogP contribution in [0.15, 0.2) is 52.4 Å². The summed E-state index contributed by atoms with van der Waals surface area (Å²) in [6, 6.07) is 9.59. The molecule has 11 heteroatoms. The maximum absolute atomic E-state index is 13.1. The summed E-state index contributed by atoms with van der Waals surface area (Å²) in [6.07, 6.45) is 1.17. The highest BCUT2D eigenvalue weighted by Crippen LogP contribution is 2.26. The Labute approximate surface area is 195 Å². The molecule has 2 atom stereocenters. The number of aliphatic imine (C=N–C) groups is 1. The second-order valence-corrected chi connectivity index (χ2v) is 10.1. The first-order valence-corrected chi connectivity index (χ1v) is 12.2. The number of amidine groups is 1. The van der Waals surface area contributed by atoms with Gasteiger partial charge in [-0.15, -0.1) is 0 Å². The highest BCUT2D eigenvalue weighted by atomic mass is 35.5. The van der Waals surface area contributed by atoms with E-state index in [0.717, 1.165) is 0 Å². The number of halogens is 2. The first-order valence-electron chi connectivity index (χ1n) is 9.93. The van der Waals surface area contributed by atoms with Crippen LogP contribution in [-0.2, 0) is 19.6 Å². The van der Waals surface area contributed by atoms with Crippen LogP contribution in [0.4, 0.5) is 5.69 Å². The number of hydrogen-bond donors (Lipinski definition) is 2. The Morgan fingerprint density at radius 1 is 1.19 bits per heavy atom. The van der Waals surface area contributed by atoms with Crippen LogP contribution in [-0.4, -0.2) is 49.6 Å². The molecule has 2 amide bonds. The summed E-state index contributed by atoms with van der Waals surface area (Å²) in [5.41, 5.74) is 0.859. The third kappa shape index (κ3) is 4.46. The molecule has 2 heterocycles. The van der Waals surface area contributed by atoms with Crippen LogP contribution < -0.4 is 10.0 Å². The van der Waals surface area contributed by atoms with Crippen molar-refractivity contribution in [1.29, 1.82) is 0 Å². The molecule has 1 fully saturated rings. The van der Waals surface area contributed by atoms with Crippen molar-refractivity contribution in [3.8, 4) is 0 Å². The van der Waals surface area contributed by atoms with E-state index in [9.17, 15) is 18.0 Å². The van der Waals surface area contributed by atoms with Crippen molar-refractivity contribution in [2.45, 2.75) is 36.7 Å². The standard InChI is InChI=1S/C21H20Cl2N4O4S/c1-12(24-19-16-5-2-3-7-18(16)32(30,31)26-19)21(29)27-8-4-6-17(27)20(28)25-15-10-13(22)9-14(23)11-15/h2-3,5,7,9-12,17H,4,6,8H2,1H3,(H,24,26)(H,25,28)/t12-,17?/m0/s1. The highest BCUT2D eigenvalue weighted by Gasteiger charge is 2.37. The number of nitrogens with zero attached hydrogens (tertiary/aromatic N) is 2. The molecule has 0 bridgehead atoms. The van der Waals surface area contributed by atoms with E-state index in [1.807, 2.05) is 0 Å². The van der Waals surface area contributed by atoms with Crippen LogP contribution >= 0.6 is 23.2 Å². The number of fused-ring (bicyclic) bond motifs is 1. The Balaban J connectivity index is 1.51. The van der Waals surface area contributed by atoms with E-state index < -0.39 is 22.1 Å². The Hall–Kier alpha value is -2.62. The van der Waals surface area contributed by atoms with Crippen molar-refractivity contribution in [1.82, 2.24) is 9.62 Å². The van der Waals surface area contributed by atoms with E-state index in [1.54, 1.807) is 43.3 Å². The van der Waals surface area contributed by atoms with Crippen molar-refractivity contribution >= 4 is 56.6 Å². The monoisotopic (exact) mass is 494 g/mol. The largest absolute Gasteiger partial charge is 0.329 e. The van der Waals surface area contributed by atoms with E-state index in [2.05, 4.69) is 15.0 Å². The fourth-order valence-electron chi connectivity index (χ4n) is 3.87. The minimum absolute atomic E-state index is 0.121. The molecule has 0 radical (unpaired) electrons. The lowest BCUT2D eigenvalue weighted by molar-refractivity contribution is -0.137. The number of nitrogens with one attached hydrogen (secondary N) is 2. The molecule has 2 aromatic carbocycles. The van der Waals surface area contributed by atoms with Gasteiger partial charge in [-0.1, -0.05) is 35.3 Å². The third-order valence-electron chi connectivity index (χ3n) is 5.31. The first kappa shape index (κ1) is 22.6. The van der Waals surface area contributed by atoms with Crippen molar-refractivity contribution in [2.75, 3.05) is 11.9 Å². The zero-order valence-corrected chi connectivity index (χ0v) is 19.3. The normalized spacial score (nSPS) is 21.2. The number of likely N-dealkylation sites (tertiary alicyclic amines) is 1. The fourth-order valence-corrected chi connectivity index (χ4v) is 5.64. The van der Waals surface area contributed by atoms with E-state index in [-0.39, 0.29) is 22.5 Å². The summed E-state index contributed by atoms with van der Waals surface area (Å²) in [5, 5.41) is 3.53. The Kier molecular flexibility index (Phi) is 6.15. The van der Waals surface area contributed by atoms with Gasteiger partial charge in [-0.3, -0.25) is 19.3 Å². The lowest BCUT2D eigenvalue weighted by Crippen LogP contribution is -2.46. The number of rotatable bonds is 4. The molecule has 0 spiro atoms. The summed E-state index contributed by atoms with van der Waals surface area (Å²) >= 11 is 12.0. The SMILES string of the molecule is C[C@H](N=C1NS(=O)(=O)c2ccccc21)C(=O)N1CCCC1C(=O)Nc1cc(Cl)cc(Cl)c1. The van der Waals surface area contributed by atoms with E-state index >= 15 is 0 Å². The molecule has 0 aromatic heterocycles. The number of carbonyl (C=O) groups excluding carboxylic acids is 2. The van der Waals surface area contributed by atoms with Crippen LogP contribution in [0.5, 0.6) is 0 Å². The summed E-state index contributed by atoms with van der Waals surface area (Å²) in [4.78, 5) is 31.9. The molecule has 2 N–H and O–H groups in total. The average molecular weight is 495 g/mol. The van der Waals surface area contributed by atoms with Crippen molar-refractivity contribution in [3.63, 3.8) is 0 Å². The summed E-state index contributed by atoms with van der Waals surface area (Å²) in [5.74, 6) is -0.584.